The summed E-state index contributed by atoms with van der Waals surface area (Å²) >= 11 is 3.04. The van der Waals surface area contributed by atoms with Gasteiger partial charge in [0.2, 0.25) is 0 Å². The Morgan fingerprint density at radius 2 is 2.06 bits per heavy atom. The average molecular weight is 265 g/mol. The Hall–Kier alpha value is -1.20. The molecule has 0 saturated heterocycles. The quantitative estimate of drug-likeness (QED) is 0.829. The Balaban J connectivity index is 2.16. The Morgan fingerprint density at radius 3 is 2.71 bits per heavy atom. The third-order valence-corrected chi connectivity index (χ3v) is 4.27. The van der Waals surface area contributed by atoms with Gasteiger partial charge in [0.15, 0.2) is 5.82 Å². The molecule has 0 aliphatic rings. The van der Waals surface area contributed by atoms with E-state index in [9.17, 15) is 0 Å². The molecular weight excluding hydrogens is 250 g/mol. The Morgan fingerprint density at radius 1 is 1.35 bits per heavy atom. The monoisotopic (exact) mass is 265 g/mol. The largest absolute Gasteiger partial charge is 0.382 e. The molecule has 0 amide bonds. The minimum absolute atomic E-state index is 0.252. The zero-order chi connectivity index (χ0) is 12.3. The predicted molar refractivity (Wildman–Crippen MR) is 76.8 cm³/mol. The minimum atomic E-state index is 0.252. The van der Waals surface area contributed by atoms with Gasteiger partial charge in [-0.25, -0.2) is 0 Å². The highest BCUT2D eigenvalue weighted by Gasteiger charge is 2.13. The molecule has 0 radical (unpaired) electrons. The number of aromatic nitrogens is 1. The molecular formula is C12H15N3S2. The molecule has 3 N–H and O–H groups in total. The molecule has 0 aliphatic carbocycles. The van der Waals surface area contributed by atoms with Gasteiger partial charge in [0, 0.05) is 6.04 Å². The molecule has 17 heavy (non-hydrogen) atoms. The fourth-order valence-corrected chi connectivity index (χ4v) is 3.22. The van der Waals surface area contributed by atoms with Crippen molar-refractivity contribution in [3.05, 3.63) is 35.9 Å². The summed E-state index contributed by atoms with van der Waals surface area (Å²) in [4.78, 5) is 1.04. The fraction of sp³-hybridized carbons (Fsp3) is 0.250. The highest BCUT2D eigenvalue weighted by Crippen LogP contribution is 2.36. The molecule has 3 nitrogen and oxygen atoms in total. The van der Waals surface area contributed by atoms with Gasteiger partial charge in [-0.3, -0.25) is 0 Å². The van der Waals surface area contributed by atoms with Gasteiger partial charge in [-0.15, -0.1) is 11.8 Å². The van der Waals surface area contributed by atoms with Crippen molar-refractivity contribution in [2.75, 3.05) is 17.3 Å². The lowest BCUT2D eigenvalue weighted by atomic mass is 10.1. The van der Waals surface area contributed by atoms with E-state index >= 15 is 0 Å². The van der Waals surface area contributed by atoms with Gasteiger partial charge in [-0.1, -0.05) is 30.3 Å². The minimum Gasteiger partial charge on any atom is -0.382 e. The first-order chi connectivity index (χ1) is 8.22. The van der Waals surface area contributed by atoms with E-state index in [1.165, 1.54) is 17.1 Å². The SMILES string of the molecule is CSc1c(N)nsc1NC(C)c1ccccc1. The maximum atomic E-state index is 5.80. The van der Waals surface area contributed by atoms with Crippen LogP contribution in [-0.4, -0.2) is 10.6 Å². The Labute approximate surface area is 110 Å². The lowest BCUT2D eigenvalue weighted by Gasteiger charge is -2.14. The van der Waals surface area contributed by atoms with E-state index in [4.69, 9.17) is 5.73 Å². The summed E-state index contributed by atoms with van der Waals surface area (Å²) in [6, 6.07) is 10.6. The Bertz CT molecular complexity index is 482. The first kappa shape index (κ1) is 12.3. The van der Waals surface area contributed by atoms with Crippen molar-refractivity contribution in [2.24, 2.45) is 0 Å². The first-order valence-corrected chi connectivity index (χ1v) is 7.32. The van der Waals surface area contributed by atoms with Crippen molar-refractivity contribution < 1.29 is 0 Å². The van der Waals surface area contributed by atoms with Gasteiger partial charge < -0.3 is 11.1 Å². The van der Waals surface area contributed by atoms with Crippen LogP contribution in [0.5, 0.6) is 0 Å². The number of nitrogens with zero attached hydrogens (tertiary/aromatic N) is 1. The molecule has 5 heteroatoms. The van der Waals surface area contributed by atoms with Gasteiger partial charge >= 0.3 is 0 Å². The second-order valence-corrected chi connectivity index (χ2v) is 5.30. The van der Waals surface area contributed by atoms with E-state index in [2.05, 4.69) is 28.7 Å². The highest BCUT2D eigenvalue weighted by atomic mass is 32.2. The normalized spacial score (nSPS) is 12.4. The molecule has 1 aromatic carbocycles. The molecule has 0 saturated carbocycles. The van der Waals surface area contributed by atoms with E-state index in [0.717, 1.165) is 9.90 Å². The molecule has 0 bridgehead atoms. The maximum absolute atomic E-state index is 5.80. The van der Waals surface area contributed by atoms with Crippen molar-refractivity contribution in [1.82, 2.24) is 4.37 Å². The molecule has 0 aliphatic heterocycles. The molecule has 1 unspecified atom stereocenters. The van der Waals surface area contributed by atoms with Crippen LogP contribution >= 0.6 is 23.3 Å². The molecule has 2 aromatic rings. The topological polar surface area (TPSA) is 50.9 Å². The Kier molecular flexibility index (Phi) is 3.91. The zero-order valence-corrected chi connectivity index (χ0v) is 11.4. The number of benzene rings is 1. The molecule has 2 rings (SSSR count). The van der Waals surface area contributed by atoms with Crippen molar-refractivity contribution in [2.45, 2.75) is 17.9 Å². The summed E-state index contributed by atoms with van der Waals surface area (Å²) in [5, 5.41) is 4.50. The van der Waals surface area contributed by atoms with Crippen molar-refractivity contribution in [3.8, 4) is 0 Å². The van der Waals surface area contributed by atoms with Gasteiger partial charge in [0.25, 0.3) is 0 Å². The number of anilines is 2. The summed E-state index contributed by atoms with van der Waals surface area (Å²) in [5.41, 5.74) is 7.06. The number of hydrogen-bond donors (Lipinski definition) is 2. The van der Waals surface area contributed by atoms with Gasteiger partial charge in [-0.2, -0.15) is 4.37 Å². The van der Waals surface area contributed by atoms with Crippen LogP contribution in [0, 0.1) is 0 Å². The third kappa shape index (κ3) is 2.73. The van der Waals surface area contributed by atoms with Crippen LogP contribution < -0.4 is 11.1 Å². The van der Waals surface area contributed by atoms with E-state index in [1.807, 2.05) is 24.5 Å². The smallest absolute Gasteiger partial charge is 0.153 e. The average Bonchev–Trinajstić information content (AvgIpc) is 2.71. The van der Waals surface area contributed by atoms with Crippen LogP contribution in [0.25, 0.3) is 0 Å². The summed E-state index contributed by atoms with van der Waals surface area (Å²) in [5.74, 6) is 0.616. The number of thioether (sulfide) groups is 1. The number of nitrogens with one attached hydrogen (secondary N) is 1. The summed E-state index contributed by atoms with van der Waals surface area (Å²) in [6.45, 7) is 2.13. The third-order valence-electron chi connectivity index (χ3n) is 2.53. The number of nitrogens with two attached hydrogens (primary N) is 1. The number of hydrogen-bond acceptors (Lipinski definition) is 5. The molecule has 90 valence electrons. The molecule has 1 atom stereocenters. The number of nitrogen functional groups attached to an aromatic ring is 1. The van der Waals surface area contributed by atoms with E-state index < -0.39 is 0 Å². The van der Waals surface area contributed by atoms with Crippen LogP contribution in [-0.2, 0) is 0 Å². The van der Waals surface area contributed by atoms with Gasteiger partial charge in [0.1, 0.15) is 5.00 Å². The molecule has 0 spiro atoms. The first-order valence-electron chi connectivity index (χ1n) is 5.33. The molecule has 1 heterocycles. The van der Waals surface area contributed by atoms with Gasteiger partial charge in [-0.05, 0) is 30.3 Å². The maximum Gasteiger partial charge on any atom is 0.153 e. The van der Waals surface area contributed by atoms with Gasteiger partial charge in [0.05, 0.1) is 4.90 Å². The lowest BCUT2D eigenvalue weighted by molar-refractivity contribution is 0.885. The summed E-state index contributed by atoms with van der Waals surface area (Å²) in [7, 11) is 0. The van der Waals surface area contributed by atoms with Crippen LogP contribution in [0.4, 0.5) is 10.8 Å². The second-order valence-electron chi connectivity index (χ2n) is 3.71. The van der Waals surface area contributed by atoms with Crippen molar-refractivity contribution in [3.63, 3.8) is 0 Å². The summed E-state index contributed by atoms with van der Waals surface area (Å²) in [6.07, 6.45) is 2.01. The lowest BCUT2D eigenvalue weighted by Crippen LogP contribution is -2.05. The van der Waals surface area contributed by atoms with Crippen molar-refractivity contribution >= 4 is 34.1 Å². The van der Waals surface area contributed by atoms with E-state index in [1.54, 1.807) is 11.8 Å². The summed E-state index contributed by atoms with van der Waals surface area (Å²) < 4.78 is 4.17. The van der Waals surface area contributed by atoms with Crippen LogP contribution in [0.3, 0.4) is 0 Å². The molecule has 0 fully saturated rings. The number of rotatable bonds is 4. The highest BCUT2D eigenvalue weighted by molar-refractivity contribution is 7.99. The standard InChI is InChI=1S/C12H15N3S2/c1-8(9-6-4-3-5-7-9)14-12-10(16-2)11(13)15-17-12/h3-8,14H,1-2H3,(H2,13,15). The second kappa shape index (κ2) is 5.42. The van der Waals surface area contributed by atoms with Crippen LogP contribution in [0.1, 0.15) is 18.5 Å². The fourth-order valence-electron chi connectivity index (χ4n) is 1.60. The molecule has 1 aromatic heterocycles. The zero-order valence-electron chi connectivity index (χ0n) is 9.81. The van der Waals surface area contributed by atoms with Crippen molar-refractivity contribution in [1.29, 1.82) is 0 Å². The van der Waals surface area contributed by atoms with Crippen LogP contribution in [0.2, 0.25) is 0 Å². The van der Waals surface area contributed by atoms with Crippen LogP contribution in [0.15, 0.2) is 35.2 Å². The predicted octanol–water partition coefficient (Wildman–Crippen LogP) is 3.62. The van der Waals surface area contributed by atoms with E-state index in [-0.39, 0.29) is 6.04 Å². The van der Waals surface area contributed by atoms with E-state index in [0.29, 0.717) is 5.82 Å².